The van der Waals surface area contributed by atoms with Gasteiger partial charge in [0.25, 0.3) is 6.71 Å². The summed E-state index contributed by atoms with van der Waals surface area (Å²) in [5.74, 6) is 0. The van der Waals surface area contributed by atoms with E-state index in [4.69, 9.17) is 4.11 Å². The van der Waals surface area contributed by atoms with Gasteiger partial charge < -0.3 is 28.1 Å². The lowest BCUT2D eigenvalue weighted by atomic mass is 9.33. The van der Waals surface area contributed by atoms with Gasteiger partial charge in [0, 0.05) is 125 Å². The van der Waals surface area contributed by atoms with Gasteiger partial charge in [-0.05, 0) is 261 Å². The van der Waals surface area contributed by atoms with Crippen LogP contribution in [0.15, 0.2) is 400 Å². The van der Waals surface area contributed by atoms with Crippen LogP contribution in [0.25, 0.3) is 154 Å². The van der Waals surface area contributed by atoms with E-state index < -0.39 is 79.2 Å². The van der Waals surface area contributed by atoms with Crippen LogP contribution >= 0.6 is 0 Å². The van der Waals surface area contributed by atoms with E-state index in [-0.39, 0.29) is 104 Å². The van der Waals surface area contributed by atoms with E-state index in [1.165, 1.54) is 26.5 Å². The molecule has 2 aliphatic rings. The smallest absolute Gasteiger partial charge is 0.252 e. The van der Waals surface area contributed by atoms with Gasteiger partial charge in [-0.1, -0.05) is 335 Å². The van der Waals surface area contributed by atoms with E-state index in [2.05, 4.69) is 294 Å². The summed E-state index contributed by atoms with van der Waals surface area (Å²) in [7, 11) is 0. The third-order valence-corrected chi connectivity index (χ3v) is 27.6. The molecule has 6 nitrogen and oxygen atoms in total. The second-order valence-electron chi connectivity index (χ2n) is 38.8. The first-order valence-electron chi connectivity index (χ1n) is 53.7. The van der Waals surface area contributed by atoms with E-state index in [1.54, 1.807) is 0 Å². The molecule has 0 unspecified atom stereocenters. The number of nitrogens with zero attached hydrogens (tertiary/aromatic N) is 6. The Morgan fingerprint density at radius 3 is 1.31 bits per heavy atom. The van der Waals surface area contributed by atoms with Gasteiger partial charge in [0.15, 0.2) is 0 Å². The van der Waals surface area contributed by atoms with Crippen molar-refractivity contribution < 1.29 is 21.9 Å². The maximum Gasteiger partial charge on any atom is 0.252 e. The number of benzene rings is 18. The van der Waals surface area contributed by atoms with Crippen LogP contribution in [0.5, 0.6) is 0 Å². The van der Waals surface area contributed by atoms with Gasteiger partial charge in [-0.15, -0.1) is 0 Å². The topological polar surface area (TPSA) is 26.2 Å². The molecule has 0 aliphatic carbocycles. The fourth-order valence-electron chi connectivity index (χ4n) is 21.0. The SMILES string of the molecule is [2H]c1c([2H])c([2H])c(-c2ccc3c(c2)N(Cc2cc(-c4ccccc4)cc(-c4ccccc4)c2)c2cc(CCn4c5ccc(-n6c7ccccc7c7ccccc76)cc5c5c([2H])c(-n6c7c([2H])c([2H])c([2H])c([2H])c7c7c([2H])c([2H])c([2H])c([2H])c76)c([2H])c([2H])c54)cc4c2B3c2ccc(Cn3c5ccc(C(C)(C)C)cc5c5cc(C(C)(C)C)ccc53)cc2N4Cc2c(-c3ccccc3)cc(C(C)(C)C)cc2-c2ccccc2)c([2H])c1[2H]. The third kappa shape index (κ3) is 13.7. The zero-order valence-electron chi connectivity index (χ0n) is 91.2. The molecule has 0 spiro atoms. The van der Waals surface area contributed by atoms with Crippen LogP contribution in [0.1, 0.15) is 123 Å². The quantitative estimate of drug-likeness (QED) is 0.0901. The predicted molar refractivity (Wildman–Crippen MR) is 562 cm³/mol. The Morgan fingerprint density at radius 1 is 0.265 bits per heavy atom. The molecule has 0 N–H and O–H groups in total. The molecular weight excluding hydrogens is 1600 g/mol. The molecule has 7 heteroatoms. The minimum Gasteiger partial charge on any atom is -0.340 e. The summed E-state index contributed by atoms with van der Waals surface area (Å²) in [6.45, 7) is 21.0. The van der Waals surface area contributed by atoms with Gasteiger partial charge in [0.05, 0.1) is 44.0 Å². The molecule has 4 aromatic heterocycles. The Kier molecular flexibility index (Phi) is 15.3. The van der Waals surface area contributed by atoms with E-state index in [0.717, 1.165) is 144 Å². The summed E-state index contributed by atoms with van der Waals surface area (Å²) >= 11 is 0. The average Bonchev–Trinajstić information content (AvgIpc) is 1.24. The lowest BCUT2D eigenvalue weighted by Crippen LogP contribution is -2.62. The number of aromatic nitrogens is 4. The molecule has 24 rings (SSSR count). The Hall–Kier alpha value is -15.2. The summed E-state index contributed by atoms with van der Waals surface area (Å²) in [4.78, 5) is 4.93. The Labute approximate surface area is 795 Å². The predicted octanol–water partition coefficient (Wildman–Crippen LogP) is 30.4. The van der Waals surface area contributed by atoms with Crippen molar-refractivity contribution in [2.24, 2.45) is 0 Å². The molecule has 0 saturated carbocycles. The van der Waals surface area contributed by atoms with Crippen molar-refractivity contribution in [3.05, 3.63) is 439 Å². The second kappa shape index (κ2) is 31.3. The lowest BCUT2D eigenvalue weighted by Gasteiger charge is -2.45. The molecule has 22 aromatic rings. The molecule has 0 saturated heterocycles. The maximum atomic E-state index is 11.1. The largest absolute Gasteiger partial charge is 0.340 e. The van der Waals surface area contributed by atoms with Crippen molar-refractivity contribution in [3.8, 4) is 67.0 Å². The highest BCUT2D eigenvalue weighted by atomic mass is 15.2. The zero-order valence-corrected chi connectivity index (χ0v) is 75.2. The van der Waals surface area contributed by atoms with Crippen LogP contribution in [-0.4, -0.2) is 25.0 Å². The Morgan fingerprint density at radius 2 is 0.742 bits per heavy atom. The van der Waals surface area contributed by atoms with Crippen LogP contribution < -0.4 is 26.2 Å². The fraction of sp³-hybridized carbons (Fsp3) is 0.136. The fourth-order valence-corrected chi connectivity index (χ4v) is 21.0. The third-order valence-electron chi connectivity index (χ3n) is 27.6. The van der Waals surface area contributed by atoms with Crippen molar-refractivity contribution in [1.29, 1.82) is 0 Å². The molecule has 0 bridgehead atoms. The number of fused-ring (bicyclic) bond motifs is 16. The van der Waals surface area contributed by atoms with Crippen molar-refractivity contribution in [2.75, 3.05) is 9.80 Å². The number of anilines is 4. The molecular formula is C125H103BN6. The van der Waals surface area contributed by atoms with Crippen LogP contribution in [0.3, 0.4) is 0 Å². The van der Waals surface area contributed by atoms with Crippen molar-refractivity contribution in [2.45, 2.75) is 111 Å². The molecule has 132 heavy (non-hydrogen) atoms. The summed E-state index contributed by atoms with van der Waals surface area (Å²) < 4.78 is 163. The van der Waals surface area contributed by atoms with E-state index in [0.29, 0.717) is 35.2 Å². The normalized spacial score (nSPS) is 14.5. The van der Waals surface area contributed by atoms with Crippen LogP contribution in [0, 0.1) is 0 Å². The molecule has 0 amide bonds. The van der Waals surface area contributed by atoms with Gasteiger partial charge in [-0.2, -0.15) is 0 Å². The Bertz CT molecular complexity index is 9070. The average molecular weight is 1720 g/mol. The summed E-state index contributed by atoms with van der Waals surface area (Å²) in [5.41, 5.74) is 26.5. The number of hydrogen-bond acceptors (Lipinski definition) is 2. The van der Waals surface area contributed by atoms with Gasteiger partial charge in [-0.25, -0.2) is 0 Å². The molecule has 636 valence electrons. The maximum absolute atomic E-state index is 11.1. The standard InChI is InChI=1S/C125H103BN6/c1-123(2,3)92-53-59-112-103(72-92)104-73-93(124(4,5)6)54-60-113(104)128(112)78-82-51-57-108-118(69-82)130(80-107-101(87-39-21-13-22-40-87)74-94(125(7,8)9)75-102(107)88-41-23-14-24-42-88)121-68-81(67-120-122(121)126(108)109-58-52-89(84-33-15-10-16-34-84)71-119(109)129(120)79-83-65-90(85-35-17-11-18-36-85)70-91(66-83)86-37-19-12-20-38-86)63-64-127-110-61-55-95(131-114-47-29-25-43-97(114)98-44-26-30-48-115(98)131)76-105(110)106-77-96(56-62-111(106)127)132-116-49-31-27-45-99(116)100-46-28-32-50-117(100)132/h10-62,65-77H,63-64,78-80H2,1-9H3/i10D,15D,16D,25D,26D,29D,30D,33D,34D,43D,44D,47D,48D,55D,61D,76D. The summed E-state index contributed by atoms with van der Waals surface area (Å²) in [6, 6.07) is 99.4. The summed E-state index contributed by atoms with van der Waals surface area (Å²) in [6.07, 6.45) is 0.220. The van der Waals surface area contributed by atoms with E-state index in [9.17, 15) is 17.8 Å². The lowest BCUT2D eigenvalue weighted by molar-refractivity contribution is 0.590. The molecule has 0 atom stereocenters. The Balaban J connectivity index is 0.804. The molecule has 2 aliphatic heterocycles. The number of hydrogen-bond donors (Lipinski definition) is 0. The second-order valence-corrected chi connectivity index (χ2v) is 38.8. The molecule has 0 radical (unpaired) electrons. The number of para-hydroxylation sites is 4. The molecule has 6 heterocycles. The first-order valence-corrected chi connectivity index (χ1v) is 45.7. The van der Waals surface area contributed by atoms with E-state index in [1.807, 2.05) is 95.6 Å². The summed E-state index contributed by atoms with van der Waals surface area (Å²) in [5, 5.41) is 4.60. The molecule has 18 aromatic carbocycles. The first kappa shape index (κ1) is 64.5. The number of aryl methyl sites for hydroxylation is 2. The van der Waals surface area contributed by atoms with Gasteiger partial charge in [0.1, 0.15) is 0 Å². The van der Waals surface area contributed by atoms with Gasteiger partial charge >= 0.3 is 0 Å². The van der Waals surface area contributed by atoms with Crippen molar-refractivity contribution in [3.63, 3.8) is 0 Å². The zero-order chi connectivity index (χ0) is 103. The van der Waals surface area contributed by atoms with Crippen LogP contribution in [-0.2, 0) is 48.8 Å². The minimum atomic E-state index is -0.665. The van der Waals surface area contributed by atoms with Crippen LogP contribution in [0.2, 0.25) is 0 Å². The van der Waals surface area contributed by atoms with Crippen molar-refractivity contribution >= 4 is 133 Å². The highest BCUT2D eigenvalue weighted by molar-refractivity contribution is 7.00. The van der Waals surface area contributed by atoms with Crippen molar-refractivity contribution in [1.82, 2.24) is 18.3 Å². The monoisotopic (exact) mass is 1710 g/mol. The van der Waals surface area contributed by atoms with Crippen LogP contribution in [0.4, 0.5) is 22.7 Å². The first-order chi connectivity index (χ1) is 71.0. The van der Waals surface area contributed by atoms with Gasteiger partial charge in [-0.3, -0.25) is 0 Å². The minimum absolute atomic E-state index is 0.0539. The molecule has 0 fully saturated rings. The van der Waals surface area contributed by atoms with E-state index >= 15 is 0 Å². The van der Waals surface area contributed by atoms with Gasteiger partial charge in [0.2, 0.25) is 0 Å². The highest BCUT2D eigenvalue weighted by Crippen LogP contribution is 2.49. The number of rotatable bonds is 16. The highest BCUT2D eigenvalue weighted by Gasteiger charge is 2.44.